The van der Waals surface area contributed by atoms with E-state index < -0.39 is 5.97 Å². The molecule has 2 aromatic carbocycles. The number of carbonyl (C=O) groups is 1. The summed E-state index contributed by atoms with van der Waals surface area (Å²) in [6.07, 6.45) is -0.0932. The van der Waals surface area contributed by atoms with Gasteiger partial charge in [-0.3, -0.25) is 0 Å². The predicted octanol–water partition coefficient (Wildman–Crippen LogP) is 2.17. The molecule has 0 aliphatic heterocycles. The molecule has 3 rings (SSSR count). The van der Waals surface area contributed by atoms with Crippen LogP contribution in [0, 0.1) is 6.92 Å². The Morgan fingerprint density at radius 1 is 1.29 bits per heavy atom. The van der Waals surface area contributed by atoms with E-state index in [1.807, 2.05) is 37.3 Å². The van der Waals surface area contributed by atoms with Crippen molar-refractivity contribution in [3.63, 3.8) is 0 Å². The summed E-state index contributed by atoms with van der Waals surface area (Å²) in [5.41, 5.74) is 3.94. The number of rotatable bonds is 4. The number of aliphatic carboxylic acids is 1. The first kappa shape index (κ1) is 13.2. The van der Waals surface area contributed by atoms with Gasteiger partial charge in [-0.2, -0.15) is 4.98 Å². The number of oxazole rings is 1. The zero-order chi connectivity index (χ0) is 14.8. The van der Waals surface area contributed by atoms with Gasteiger partial charge in [0.1, 0.15) is 5.52 Å². The van der Waals surface area contributed by atoms with Gasteiger partial charge < -0.3 is 19.6 Å². The molecule has 0 bridgehead atoms. The molecule has 0 spiro atoms. The minimum Gasteiger partial charge on any atom is -0.550 e. The molecule has 1 aromatic heterocycles. The maximum Gasteiger partial charge on any atom is 0.300 e. The van der Waals surface area contributed by atoms with Crippen LogP contribution >= 0.6 is 0 Å². The third-order valence-electron chi connectivity index (χ3n) is 3.17. The first-order chi connectivity index (χ1) is 10.1. The maximum atomic E-state index is 10.6. The number of nitrogens with zero attached hydrogens (tertiary/aromatic N) is 1. The first-order valence-corrected chi connectivity index (χ1v) is 6.54. The second-order valence-electron chi connectivity index (χ2n) is 4.81. The van der Waals surface area contributed by atoms with Crippen molar-refractivity contribution in [2.45, 2.75) is 13.3 Å². The fourth-order valence-corrected chi connectivity index (χ4v) is 2.18. The van der Waals surface area contributed by atoms with Crippen LogP contribution < -0.4 is 10.4 Å². The molecule has 0 unspecified atom stereocenters. The number of carboxylic acid groups (broad SMARTS) is 1. The highest BCUT2D eigenvalue weighted by Crippen LogP contribution is 2.24. The predicted molar refractivity (Wildman–Crippen MR) is 77.2 cm³/mol. The van der Waals surface area contributed by atoms with Crippen LogP contribution in [0.15, 0.2) is 46.9 Å². The van der Waals surface area contributed by atoms with E-state index >= 15 is 0 Å². The number of carboxylic acids is 1. The summed E-state index contributed by atoms with van der Waals surface area (Å²) < 4.78 is 5.60. The summed E-state index contributed by atoms with van der Waals surface area (Å²) in [5.74, 6) is -1.09. The highest BCUT2D eigenvalue weighted by atomic mass is 16.4. The highest BCUT2D eigenvalue weighted by Gasteiger charge is 2.07. The number of benzene rings is 2. The summed E-state index contributed by atoms with van der Waals surface area (Å²) in [5, 5.41) is 13.7. The van der Waals surface area contributed by atoms with E-state index in [9.17, 15) is 9.90 Å². The van der Waals surface area contributed by atoms with Crippen LogP contribution in [-0.4, -0.2) is 11.0 Å². The second-order valence-corrected chi connectivity index (χ2v) is 4.81. The summed E-state index contributed by atoms with van der Waals surface area (Å²) in [6.45, 7) is 1.89. The number of nitrogens with one attached hydrogen (secondary N) is 1. The van der Waals surface area contributed by atoms with Crippen molar-refractivity contribution in [1.82, 2.24) is 4.98 Å². The largest absolute Gasteiger partial charge is 0.550 e. The monoisotopic (exact) mass is 281 g/mol. The van der Waals surface area contributed by atoms with Gasteiger partial charge in [0.05, 0.1) is 0 Å². The lowest BCUT2D eigenvalue weighted by atomic mass is 10.1. The van der Waals surface area contributed by atoms with Crippen molar-refractivity contribution in [3.8, 4) is 0 Å². The standard InChI is InChI=1S/C16H14N2O3/c1-10-8-11(9-15(19)20)6-7-12(10)17-16-18-13-4-2-3-5-14(13)21-16/h2-8H,9H2,1H3,(H,17,18)(H,19,20)/p-1. The average Bonchev–Trinajstić information content (AvgIpc) is 2.83. The van der Waals surface area contributed by atoms with Crippen molar-refractivity contribution in [1.29, 1.82) is 0 Å². The quantitative estimate of drug-likeness (QED) is 0.793. The number of carbonyl (C=O) groups excluding carboxylic acids is 1. The Hall–Kier alpha value is -2.82. The lowest BCUT2D eigenvalue weighted by Gasteiger charge is -2.09. The van der Waals surface area contributed by atoms with Crippen LogP contribution in [0.1, 0.15) is 11.1 Å². The summed E-state index contributed by atoms with van der Waals surface area (Å²) in [7, 11) is 0. The normalized spacial score (nSPS) is 10.7. The fraction of sp³-hybridized carbons (Fsp3) is 0.125. The van der Waals surface area contributed by atoms with Crippen molar-refractivity contribution < 1.29 is 14.3 Å². The zero-order valence-corrected chi connectivity index (χ0v) is 11.4. The van der Waals surface area contributed by atoms with E-state index in [2.05, 4.69) is 10.3 Å². The Bertz CT molecular complexity index is 775. The Kier molecular flexibility index (Phi) is 3.31. The van der Waals surface area contributed by atoms with Crippen molar-refractivity contribution in [3.05, 3.63) is 53.6 Å². The third kappa shape index (κ3) is 2.86. The number of aromatic nitrogens is 1. The molecule has 0 amide bonds. The van der Waals surface area contributed by atoms with Gasteiger partial charge in [-0.1, -0.05) is 24.3 Å². The zero-order valence-electron chi connectivity index (χ0n) is 11.4. The molecule has 0 aliphatic rings. The molecule has 0 saturated carbocycles. The highest BCUT2D eigenvalue weighted by molar-refractivity contribution is 5.75. The number of hydrogen-bond acceptors (Lipinski definition) is 5. The van der Waals surface area contributed by atoms with Gasteiger partial charge in [0.2, 0.25) is 0 Å². The fourth-order valence-electron chi connectivity index (χ4n) is 2.18. The van der Waals surface area contributed by atoms with Gasteiger partial charge >= 0.3 is 0 Å². The molecular weight excluding hydrogens is 268 g/mol. The Labute approximate surface area is 121 Å². The number of para-hydroxylation sites is 2. The first-order valence-electron chi connectivity index (χ1n) is 6.54. The lowest BCUT2D eigenvalue weighted by Crippen LogP contribution is -2.24. The average molecular weight is 281 g/mol. The van der Waals surface area contributed by atoms with Crippen LogP contribution in [0.2, 0.25) is 0 Å². The molecule has 1 heterocycles. The number of aryl methyl sites for hydroxylation is 1. The van der Waals surface area contributed by atoms with E-state index in [4.69, 9.17) is 4.42 Å². The molecule has 1 N–H and O–H groups in total. The minimum atomic E-state index is -1.09. The van der Waals surface area contributed by atoms with E-state index in [0.717, 1.165) is 16.8 Å². The van der Waals surface area contributed by atoms with Crippen molar-refractivity contribution in [2.24, 2.45) is 0 Å². The molecule has 106 valence electrons. The molecule has 5 heteroatoms. The van der Waals surface area contributed by atoms with Gasteiger partial charge in [-0.25, -0.2) is 0 Å². The van der Waals surface area contributed by atoms with Crippen molar-refractivity contribution >= 4 is 28.8 Å². The van der Waals surface area contributed by atoms with E-state index in [1.165, 1.54) is 0 Å². The number of anilines is 2. The SMILES string of the molecule is Cc1cc(CC(=O)[O-])ccc1Nc1nc2ccccc2o1. The molecule has 0 radical (unpaired) electrons. The van der Waals surface area contributed by atoms with E-state index in [1.54, 1.807) is 12.1 Å². The maximum absolute atomic E-state index is 10.6. The number of hydrogen-bond donors (Lipinski definition) is 1. The lowest BCUT2D eigenvalue weighted by molar-refractivity contribution is -0.304. The second kappa shape index (κ2) is 5.28. The Morgan fingerprint density at radius 3 is 2.81 bits per heavy atom. The van der Waals surface area contributed by atoms with Gasteiger partial charge in [0.15, 0.2) is 5.58 Å². The summed E-state index contributed by atoms with van der Waals surface area (Å²) in [6, 6.07) is 13.3. The Balaban J connectivity index is 1.85. The van der Waals surface area contributed by atoms with Gasteiger partial charge in [0.25, 0.3) is 6.01 Å². The minimum absolute atomic E-state index is 0.0932. The topological polar surface area (TPSA) is 78.2 Å². The smallest absolute Gasteiger partial charge is 0.300 e. The van der Waals surface area contributed by atoms with Gasteiger partial charge in [-0.15, -0.1) is 0 Å². The number of fused-ring (bicyclic) bond motifs is 1. The van der Waals surface area contributed by atoms with E-state index in [0.29, 0.717) is 17.2 Å². The molecule has 21 heavy (non-hydrogen) atoms. The molecule has 0 fully saturated rings. The van der Waals surface area contributed by atoms with Crippen LogP contribution in [0.4, 0.5) is 11.7 Å². The van der Waals surface area contributed by atoms with Crippen LogP contribution in [0.3, 0.4) is 0 Å². The molecule has 0 atom stereocenters. The van der Waals surface area contributed by atoms with Crippen LogP contribution in [-0.2, 0) is 11.2 Å². The van der Waals surface area contributed by atoms with Gasteiger partial charge in [-0.05, 0) is 36.2 Å². The van der Waals surface area contributed by atoms with Crippen molar-refractivity contribution in [2.75, 3.05) is 5.32 Å². The van der Waals surface area contributed by atoms with Crippen LogP contribution in [0.5, 0.6) is 0 Å². The molecule has 3 aromatic rings. The third-order valence-corrected chi connectivity index (χ3v) is 3.17. The van der Waals surface area contributed by atoms with Crippen LogP contribution in [0.25, 0.3) is 11.1 Å². The Morgan fingerprint density at radius 2 is 2.10 bits per heavy atom. The summed E-state index contributed by atoms with van der Waals surface area (Å²) >= 11 is 0. The van der Waals surface area contributed by atoms with E-state index in [-0.39, 0.29) is 6.42 Å². The molecule has 0 aliphatic carbocycles. The molecule has 5 nitrogen and oxygen atoms in total. The summed E-state index contributed by atoms with van der Waals surface area (Å²) in [4.78, 5) is 14.9. The van der Waals surface area contributed by atoms with Gasteiger partial charge in [0, 0.05) is 18.1 Å². The molecular formula is C16H13N2O3-. The molecule has 0 saturated heterocycles.